The Hall–Kier alpha value is -5.86. The van der Waals surface area contributed by atoms with Gasteiger partial charge in [-0.15, -0.1) is 0 Å². The van der Waals surface area contributed by atoms with Crippen LogP contribution in [0.2, 0.25) is 0 Å². The number of aromatic nitrogens is 2. The molecule has 8 rings (SSSR count). The molecule has 0 saturated heterocycles. The Kier molecular flexibility index (Phi) is 9.71. The Morgan fingerprint density at radius 1 is 0.404 bits per heavy atom. The molecular weight excluding hydrogens is 629 g/mol. The smallest absolute Gasteiger partial charge is 0.122 e. The highest BCUT2D eigenvalue weighted by molar-refractivity contribution is 6.21. The van der Waals surface area contributed by atoms with Crippen LogP contribution in [0.25, 0.3) is 79.4 Å². The first kappa shape index (κ1) is 33.3. The molecule has 0 atom stereocenters. The minimum atomic E-state index is 1.01. The highest BCUT2D eigenvalue weighted by Gasteiger charge is 2.20. The van der Waals surface area contributed by atoms with E-state index in [1.807, 2.05) is 0 Å². The van der Waals surface area contributed by atoms with Crippen molar-refractivity contribution in [1.82, 2.24) is 9.13 Å². The van der Waals surface area contributed by atoms with Crippen LogP contribution in [0.1, 0.15) is 61.8 Å². The van der Waals surface area contributed by atoms with Gasteiger partial charge in [0.25, 0.3) is 0 Å². The van der Waals surface area contributed by atoms with Crippen molar-refractivity contribution >= 4 is 57.1 Å². The van der Waals surface area contributed by atoms with Crippen molar-refractivity contribution in [3.05, 3.63) is 168 Å². The van der Waals surface area contributed by atoms with Crippen LogP contribution < -0.4 is 0 Å². The van der Waals surface area contributed by atoms with Crippen molar-refractivity contribution in [2.75, 3.05) is 0 Å². The SMILES string of the molecule is CCCCn1c2cc(C=Cc3ccc(-c4ccccc4)cc3)ccc2c2c3ccc(C=Cc4ccc(-c5ccccc5)cc4)cc3n(CCCC)c21. The van der Waals surface area contributed by atoms with Gasteiger partial charge in [0.1, 0.15) is 5.65 Å². The molecule has 0 spiro atoms. The molecule has 2 aromatic heterocycles. The van der Waals surface area contributed by atoms with E-state index in [0.717, 1.165) is 38.8 Å². The Bertz CT molecular complexity index is 2320. The predicted molar refractivity (Wildman–Crippen MR) is 226 cm³/mol. The molecule has 0 unspecified atom stereocenters. The Morgan fingerprint density at radius 2 is 0.769 bits per heavy atom. The van der Waals surface area contributed by atoms with Gasteiger partial charge in [0, 0.05) is 29.2 Å². The average molecular weight is 675 g/mol. The number of aryl methyl sites for hydroxylation is 2. The number of nitrogens with zero attached hydrogens (tertiary/aromatic N) is 2. The largest absolute Gasteiger partial charge is 0.327 e. The van der Waals surface area contributed by atoms with E-state index in [-0.39, 0.29) is 0 Å². The molecule has 256 valence electrons. The first-order chi connectivity index (χ1) is 25.7. The normalized spacial score (nSPS) is 12.0. The summed E-state index contributed by atoms with van der Waals surface area (Å²) in [6, 6.07) is 52.9. The third-order valence-corrected chi connectivity index (χ3v) is 10.3. The molecule has 0 aliphatic rings. The fraction of sp³-hybridized carbons (Fsp3) is 0.160. The minimum absolute atomic E-state index is 1.01. The van der Waals surface area contributed by atoms with Crippen molar-refractivity contribution in [3.63, 3.8) is 0 Å². The van der Waals surface area contributed by atoms with Gasteiger partial charge >= 0.3 is 0 Å². The van der Waals surface area contributed by atoms with E-state index < -0.39 is 0 Å². The molecule has 0 amide bonds. The number of hydrogen-bond donors (Lipinski definition) is 0. The number of benzene rings is 6. The van der Waals surface area contributed by atoms with Gasteiger partial charge in [-0.05, 0) is 69.5 Å². The zero-order valence-electron chi connectivity index (χ0n) is 30.3. The maximum atomic E-state index is 2.61. The summed E-state index contributed by atoms with van der Waals surface area (Å²) in [7, 11) is 0. The van der Waals surface area contributed by atoms with Crippen LogP contribution in [0.4, 0.5) is 0 Å². The fourth-order valence-electron chi connectivity index (χ4n) is 7.51. The molecule has 8 aromatic rings. The summed E-state index contributed by atoms with van der Waals surface area (Å²) < 4.78 is 5.22. The summed E-state index contributed by atoms with van der Waals surface area (Å²) in [6.07, 6.45) is 13.6. The second-order valence-electron chi connectivity index (χ2n) is 13.9. The first-order valence-electron chi connectivity index (χ1n) is 19.0. The molecule has 0 fully saturated rings. The zero-order chi connectivity index (χ0) is 35.3. The van der Waals surface area contributed by atoms with E-state index in [0.29, 0.717) is 0 Å². The standard InChI is InChI=1S/C50H46N2/c1-3-5-33-51-47-35-39(19-17-37-21-27-43(28-22-37)41-13-9-7-10-14-41)25-31-45(47)49-46-32-26-40(36-48(46)52(50(49)51)34-6-4-2)20-18-38-23-29-44(30-24-38)42-15-11-8-12-16-42/h7-32,35-36H,3-6,33-34H2,1-2H3. The number of rotatable bonds is 12. The second-order valence-corrected chi connectivity index (χ2v) is 13.9. The molecule has 2 heteroatoms. The van der Waals surface area contributed by atoms with E-state index >= 15 is 0 Å². The highest BCUT2D eigenvalue weighted by Crippen LogP contribution is 2.39. The van der Waals surface area contributed by atoms with Gasteiger partial charge in [0.05, 0.1) is 11.0 Å². The van der Waals surface area contributed by atoms with Crippen molar-refractivity contribution in [3.8, 4) is 22.3 Å². The summed E-state index contributed by atoms with van der Waals surface area (Å²) in [6.45, 7) is 6.61. The average Bonchev–Trinajstić information content (AvgIpc) is 3.69. The first-order valence-corrected chi connectivity index (χ1v) is 19.0. The summed E-state index contributed by atoms with van der Waals surface area (Å²) in [5, 5.41) is 4.08. The predicted octanol–water partition coefficient (Wildman–Crippen LogP) is 14.0. The highest BCUT2D eigenvalue weighted by atomic mass is 15.1. The maximum Gasteiger partial charge on any atom is 0.122 e. The molecule has 0 radical (unpaired) electrons. The van der Waals surface area contributed by atoms with E-state index in [4.69, 9.17) is 0 Å². The van der Waals surface area contributed by atoms with Gasteiger partial charge in [-0.2, -0.15) is 0 Å². The quantitative estimate of drug-likeness (QED) is 0.114. The number of unbranched alkanes of at least 4 members (excludes halogenated alkanes) is 2. The molecule has 0 aliphatic heterocycles. The monoisotopic (exact) mass is 674 g/mol. The molecule has 0 aliphatic carbocycles. The van der Waals surface area contributed by atoms with Gasteiger partial charge in [-0.3, -0.25) is 0 Å². The van der Waals surface area contributed by atoms with Crippen molar-refractivity contribution < 1.29 is 0 Å². The maximum absolute atomic E-state index is 2.61. The lowest BCUT2D eigenvalue weighted by Crippen LogP contribution is -2.05. The topological polar surface area (TPSA) is 9.86 Å². The van der Waals surface area contributed by atoms with Gasteiger partial charge in [-0.25, -0.2) is 0 Å². The minimum Gasteiger partial charge on any atom is -0.327 e. The third-order valence-electron chi connectivity index (χ3n) is 10.3. The summed E-state index contributed by atoms with van der Waals surface area (Å²) in [4.78, 5) is 0. The number of fused-ring (bicyclic) bond motifs is 5. The van der Waals surface area contributed by atoms with Crippen LogP contribution >= 0.6 is 0 Å². The molecule has 0 bridgehead atoms. The van der Waals surface area contributed by atoms with E-state index in [1.165, 1.54) is 77.3 Å². The molecular formula is C50H46N2. The van der Waals surface area contributed by atoms with E-state index in [2.05, 4.69) is 193 Å². The van der Waals surface area contributed by atoms with E-state index in [1.54, 1.807) is 0 Å². The van der Waals surface area contributed by atoms with Crippen molar-refractivity contribution in [2.45, 2.75) is 52.6 Å². The third kappa shape index (κ3) is 6.77. The van der Waals surface area contributed by atoms with Crippen LogP contribution in [-0.4, -0.2) is 9.13 Å². The summed E-state index contributed by atoms with van der Waals surface area (Å²) in [5.74, 6) is 0. The van der Waals surface area contributed by atoms with E-state index in [9.17, 15) is 0 Å². The van der Waals surface area contributed by atoms with Crippen LogP contribution in [0.3, 0.4) is 0 Å². The van der Waals surface area contributed by atoms with Crippen molar-refractivity contribution in [1.29, 1.82) is 0 Å². The van der Waals surface area contributed by atoms with Crippen LogP contribution in [0.5, 0.6) is 0 Å². The Morgan fingerprint density at radius 3 is 1.17 bits per heavy atom. The fourth-order valence-corrected chi connectivity index (χ4v) is 7.51. The molecule has 2 heterocycles. The molecule has 2 nitrogen and oxygen atoms in total. The molecule has 0 N–H and O–H groups in total. The van der Waals surface area contributed by atoms with Crippen LogP contribution in [0.15, 0.2) is 146 Å². The van der Waals surface area contributed by atoms with Crippen molar-refractivity contribution in [2.24, 2.45) is 0 Å². The Balaban J connectivity index is 1.14. The lowest BCUT2D eigenvalue weighted by Gasteiger charge is -2.12. The lowest BCUT2D eigenvalue weighted by molar-refractivity contribution is 0.622. The molecule has 6 aromatic carbocycles. The zero-order valence-corrected chi connectivity index (χ0v) is 30.3. The van der Waals surface area contributed by atoms with Gasteiger partial charge < -0.3 is 9.13 Å². The van der Waals surface area contributed by atoms with Gasteiger partial charge in [0.15, 0.2) is 0 Å². The molecule has 0 saturated carbocycles. The Labute approximate surface area is 308 Å². The molecule has 52 heavy (non-hydrogen) atoms. The number of hydrogen-bond acceptors (Lipinski definition) is 0. The summed E-state index contributed by atoms with van der Waals surface area (Å²) >= 11 is 0. The second kappa shape index (κ2) is 15.2. The summed E-state index contributed by atoms with van der Waals surface area (Å²) in [5.41, 5.74) is 13.9. The lowest BCUT2D eigenvalue weighted by atomic mass is 10.0. The van der Waals surface area contributed by atoms with Gasteiger partial charge in [0.2, 0.25) is 0 Å². The van der Waals surface area contributed by atoms with Gasteiger partial charge in [-0.1, -0.05) is 184 Å². The van der Waals surface area contributed by atoms with Crippen LogP contribution in [0, 0.1) is 0 Å². The van der Waals surface area contributed by atoms with Crippen LogP contribution in [-0.2, 0) is 13.1 Å².